The Labute approximate surface area is 510 Å². The number of benzene rings is 1. The number of ketones is 1. The van der Waals surface area contributed by atoms with Crippen LogP contribution in [0.25, 0.3) is 0 Å². The first-order valence-corrected chi connectivity index (χ1v) is 34.4. The van der Waals surface area contributed by atoms with Gasteiger partial charge in [-0.05, 0) is 222 Å². The number of carbonyl (C=O) groups is 2. The van der Waals surface area contributed by atoms with Crippen molar-refractivity contribution in [2.24, 2.45) is 102 Å². The quantitative estimate of drug-likeness (QED) is 0.0482. The summed E-state index contributed by atoms with van der Waals surface area (Å²) in [6, 6.07) is 8.97. The number of epoxide rings is 1. The molecular formula is C75H98N2O9. The van der Waals surface area contributed by atoms with Gasteiger partial charge in [-0.3, -0.25) is 4.79 Å². The van der Waals surface area contributed by atoms with Crippen LogP contribution in [0, 0.1) is 108 Å². The van der Waals surface area contributed by atoms with E-state index in [0.717, 1.165) is 68.0 Å². The van der Waals surface area contributed by atoms with Crippen molar-refractivity contribution in [2.45, 2.75) is 217 Å². The van der Waals surface area contributed by atoms with E-state index >= 15 is 9.90 Å². The molecule has 11 heteroatoms. The highest BCUT2D eigenvalue weighted by Gasteiger charge is 2.87. The van der Waals surface area contributed by atoms with Crippen LogP contribution in [0.2, 0.25) is 0 Å². The number of fused-ring (bicyclic) bond motifs is 3. The number of carbonyl (C=O) groups excluding carboxylic acids is 2. The number of hydrogen-bond donors (Lipinski definition) is 7. The molecule has 17 rings (SSSR count). The van der Waals surface area contributed by atoms with E-state index in [2.05, 4.69) is 79.6 Å². The fourth-order valence-corrected chi connectivity index (χ4v) is 25.9. The summed E-state index contributed by atoms with van der Waals surface area (Å²) in [5, 5.41) is 68.8. The van der Waals surface area contributed by atoms with Crippen LogP contribution in [0.3, 0.4) is 0 Å². The Hall–Kier alpha value is -3.86. The first-order valence-electron chi connectivity index (χ1n) is 34.4. The van der Waals surface area contributed by atoms with E-state index in [9.17, 15) is 25.2 Å². The average molecular weight is 1170 g/mol. The van der Waals surface area contributed by atoms with E-state index in [1.807, 2.05) is 19.9 Å². The number of hydrogen-bond acceptors (Lipinski definition) is 11. The number of aliphatic hydroxyl groups excluding tert-OH is 3. The molecule has 3 aliphatic heterocycles. The van der Waals surface area contributed by atoms with Crippen LogP contribution in [0.5, 0.6) is 0 Å². The minimum absolute atomic E-state index is 0.00376. The zero-order chi connectivity index (χ0) is 59.5. The van der Waals surface area contributed by atoms with Crippen LogP contribution >= 0.6 is 0 Å². The van der Waals surface area contributed by atoms with Gasteiger partial charge in [0.05, 0.1) is 36.3 Å². The molecule has 86 heavy (non-hydrogen) atoms. The van der Waals surface area contributed by atoms with Gasteiger partial charge in [-0.25, -0.2) is 0 Å². The van der Waals surface area contributed by atoms with E-state index in [0.29, 0.717) is 96.0 Å². The maximum absolute atomic E-state index is 17.3. The smallest absolute Gasteiger partial charge is 0.163 e. The first kappa shape index (κ1) is 57.3. The minimum atomic E-state index is -1.45. The molecule has 0 unspecified atom stereocenters. The highest BCUT2D eigenvalue weighted by molar-refractivity contribution is 6.01. The monoisotopic (exact) mass is 1170 g/mol. The van der Waals surface area contributed by atoms with Crippen LogP contribution in [0.15, 0.2) is 82.8 Å². The van der Waals surface area contributed by atoms with Gasteiger partial charge in [0.15, 0.2) is 5.78 Å². The van der Waals surface area contributed by atoms with Gasteiger partial charge in [-0.15, -0.1) is 0 Å². The number of aryl methyl sites for hydroxylation is 1. The molecule has 1 aromatic carbocycles. The van der Waals surface area contributed by atoms with Crippen molar-refractivity contribution in [3.8, 4) is 11.8 Å². The molecule has 3 heterocycles. The zero-order valence-electron chi connectivity index (χ0n) is 51.9. The van der Waals surface area contributed by atoms with Crippen molar-refractivity contribution in [3.63, 3.8) is 0 Å². The fraction of sp³-hybridized carbons (Fsp3) is 0.733. The topological polar surface area (TPSA) is 195 Å². The summed E-state index contributed by atoms with van der Waals surface area (Å²) in [5.41, 5.74) is 4.88. The Morgan fingerprint density at radius 2 is 1.77 bits per heavy atom. The molecule has 9 fully saturated rings. The molecule has 8 N–H and O–H groups in total. The second kappa shape index (κ2) is 19.1. The second-order valence-electron chi connectivity index (χ2n) is 33.2. The molecule has 2 saturated heterocycles. The van der Waals surface area contributed by atoms with Crippen LogP contribution in [0.4, 0.5) is 0 Å². The summed E-state index contributed by atoms with van der Waals surface area (Å²) in [5.74, 6) is 7.53. The van der Waals surface area contributed by atoms with Gasteiger partial charge in [0.1, 0.15) is 24.1 Å². The standard InChI is InChI=1S/C75H98N2O9/c1-45-22-31-85-73(34-45,64-63(86-64)67(4,83)65(2,43-79)25-18-46-21-30-77-58(76)32-46)57-33-51-16-17-54-60-59-50(36-66(57,3)75(51,60)84)15-14-49-11-6-5-10-48(49)12-9-13-56-70(29-28-68(41-70)23-7-8-24-68)42-71-27-20-53-55(81)39-74(56,71)72(59,61(53)62(54)82)38-52(37-71)69(44-80)26-19-47(35-69)40-78/h5-6,10-11,20-21,27,32,37,40,45,47,50-51,53,55-57,59,61,63-64,77,79-81,83-84H,7-8,12,14-19,22-26,28-31,33-36,38-39,41-44,76H2,1-4H3/t45-,47+,50+,51-,53-,55-,56-,57-,59-,61-,63-,64-,65-,66+,67-,69+,70-,71-,72+,73+,74+,75+/m0/s1. The molecule has 0 radical (unpaired) electrons. The van der Waals surface area contributed by atoms with Crippen LogP contribution in [-0.4, -0.2) is 99.1 Å². The van der Waals surface area contributed by atoms with Crippen molar-refractivity contribution in [1.29, 1.82) is 0 Å². The second-order valence-corrected chi connectivity index (χ2v) is 33.2. The molecule has 11 nitrogen and oxygen atoms in total. The molecule has 4 spiro atoms. The largest absolute Gasteiger partial charge is 0.396 e. The number of aldehydes is 1. The Balaban J connectivity index is 0.901. The van der Waals surface area contributed by atoms with Gasteiger partial charge in [0.2, 0.25) is 0 Å². The number of dihydropyridines is 1. The predicted molar refractivity (Wildman–Crippen MR) is 328 cm³/mol. The predicted octanol–water partition coefficient (Wildman–Crippen LogP) is 10.3. The highest BCUT2D eigenvalue weighted by atomic mass is 16.6. The summed E-state index contributed by atoms with van der Waals surface area (Å²) < 4.78 is 14.7. The number of Topliss-reactive ketones (excluding diaryl/α,β-unsaturated/α-hetero) is 1. The molecule has 0 amide bonds. The summed E-state index contributed by atoms with van der Waals surface area (Å²) in [6.45, 7) is 9.45. The Kier molecular flexibility index (Phi) is 12.7. The zero-order valence-corrected chi connectivity index (χ0v) is 51.9. The van der Waals surface area contributed by atoms with E-state index in [1.54, 1.807) is 0 Å². The highest BCUT2D eigenvalue weighted by Crippen LogP contribution is 2.90. The molecule has 4 bridgehead atoms. The third kappa shape index (κ3) is 7.19. The lowest BCUT2D eigenvalue weighted by Crippen LogP contribution is -2.75. The lowest BCUT2D eigenvalue weighted by molar-refractivity contribution is -0.243. The van der Waals surface area contributed by atoms with Gasteiger partial charge < -0.3 is 50.9 Å². The number of rotatable bonds is 11. The summed E-state index contributed by atoms with van der Waals surface area (Å²) in [7, 11) is 0. The van der Waals surface area contributed by atoms with Crippen molar-refractivity contribution < 1.29 is 44.6 Å². The number of aliphatic hydroxyl groups is 5. The van der Waals surface area contributed by atoms with Crippen LogP contribution < -0.4 is 11.1 Å². The van der Waals surface area contributed by atoms with E-state index < -0.39 is 79.4 Å². The van der Waals surface area contributed by atoms with Gasteiger partial charge >= 0.3 is 0 Å². The van der Waals surface area contributed by atoms with Crippen molar-refractivity contribution >= 4 is 12.1 Å². The van der Waals surface area contributed by atoms with Crippen LogP contribution in [0.1, 0.15) is 180 Å². The van der Waals surface area contributed by atoms with Gasteiger partial charge in [0, 0.05) is 70.3 Å². The fourth-order valence-electron chi connectivity index (χ4n) is 25.9. The molecule has 13 aliphatic carbocycles. The lowest BCUT2D eigenvalue weighted by atomic mass is 9.28. The van der Waals surface area contributed by atoms with Gasteiger partial charge in [-0.1, -0.05) is 99.6 Å². The van der Waals surface area contributed by atoms with Crippen molar-refractivity contribution in [2.75, 3.05) is 26.4 Å². The SMILES string of the molecule is C[C@H]1CCO[C@]([C@H]2C[C@@H]3CCC4=C5[C@@H]6[C@H](CCc7ccccc7CC#C[C@H]7[C@]8(CCC9(CCCC9)C8)C[C@]89C=C[C@@H]%10[C@@H](C4=O)[C@]6(CC([C@]4(CO)CC[C@@H](C=O)C4)=C8)[C@]79C[C@@H]%10O)C[C@@]2(C)[C@]53O)([C@H]2O[C@@H]2[C@](C)(O)[C@](C)(CO)CCC2=CCNC(N)=C2)C1. The maximum atomic E-state index is 17.3. The molecule has 22 atom stereocenters. The average Bonchev–Trinajstić information content (AvgIpc) is 1.34. The molecule has 16 aliphatic rings. The van der Waals surface area contributed by atoms with Gasteiger partial charge in [0.25, 0.3) is 0 Å². The minimum Gasteiger partial charge on any atom is -0.396 e. The van der Waals surface area contributed by atoms with Gasteiger partial charge in [-0.2, -0.15) is 0 Å². The lowest BCUT2D eigenvalue weighted by Gasteiger charge is -2.75. The van der Waals surface area contributed by atoms with E-state index in [-0.39, 0.29) is 71.3 Å². The Morgan fingerprint density at radius 3 is 2.52 bits per heavy atom. The summed E-state index contributed by atoms with van der Waals surface area (Å²) in [4.78, 5) is 30.3. The van der Waals surface area contributed by atoms with E-state index in [4.69, 9.17) is 15.2 Å². The summed E-state index contributed by atoms with van der Waals surface area (Å²) in [6.07, 6.45) is 31.0. The molecule has 7 saturated carbocycles. The number of nitrogens with one attached hydrogen (secondary N) is 1. The van der Waals surface area contributed by atoms with Crippen molar-refractivity contribution in [1.82, 2.24) is 5.32 Å². The molecular weight excluding hydrogens is 1070 g/mol. The third-order valence-electron chi connectivity index (χ3n) is 29.8. The Bertz CT molecular complexity index is 3270. The molecule has 462 valence electrons. The van der Waals surface area contributed by atoms with Crippen molar-refractivity contribution in [3.05, 3.63) is 93.9 Å². The normalized spacial score (nSPS) is 49.2. The molecule has 0 aromatic heterocycles. The summed E-state index contributed by atoms with van der Waals surface area (Å²) >= 11 is 0. The maximum Gasteiger partial charge on any atom is 0.163 e. The van der Waals surface area contributed by atoms with Crippen LogP contribution in [-0.2, 0) is 31.9 Å². The first-order chi connectivity index (χ1) is 41.2. The molecule has 1 aromatic rings. The van der Waals surface area contributed by atoms with E-state index in [1.165, 1.54) is 48.8 Å². The Morgan fingerprint density at radius 1 is 0.953 bits per heavy atom. The number of nitrogens with two attached hydrogens (primary N) is 1. The number of ether oxygens (including phenoxy) is 2. The third-order valence-corrected chi connectivity index (χ3v) is 29.8. The number of allylic oxidation sites excluding steroid dienone is 5.